The summed E-state index contributed by atoms with van der Waals surface area (Å²) in [6, 6.07) is 0. The van der Waals surface area contributed by atoms with Crippen LogP contribution < -0.4 is 68.9 Å². The van der Waals surface area contributed by atoms with E-state index >= 15 is 0 Å². The summed E-state index contributed by atoms with van der Waals surface area (Å²) in [7, 11) is -4.91. The molecule has 0 aromatic heterocycles. The Bertz CT molecular complexity index is 126. The molecule has 0 aromatic carbocycles. The third kappa shape index (κ3) is 17.9. The van der Waals surface area contributed by atoms with Crippen LogP contribution in [-0.2, 0) is 13.8 Å². The molecule has 6 nitrogen and oxygen atoms in total. The van der Waals surface area contributed by atoms with Crippen molar-refractivity contribution in [2.75, 3.05) is 20.0 Å². The largest absolute Gasteiger partial charge is 1.00 e. The van der Waals surface area contributed by atoms with Crippen LogP contribution in [0, 0.1) is 0 Å². The van der Waals surface area contributed by atoms with Crippen LogP contribution in [0.25, 0.3) is 0 Å². The van der Waals surface area contributed by atoms with E-state index in [1.54, 1.807) is 0 Å². The van der Waals surface area contributed by atoms with E-state index in [1.165, 1.54) is 0 Å². The zero-order chi connectivity index (χ0) is 8.04. The first-order chi connectivity index (χ1) is 4.56. The molecule has 12 heavy (non-hydrogen) atoms. The van der Waals surface area contributed by atoms with Crippen molar-refractivity contribution in [1.29, 1.82) is 0 Å². The fourth-order valence-electron chi connectivity index (χ4n) is 0.225. The van der Waals surface area contributed by atoms with Gasteiger partial charge >= 0.3 is 59.1 Å². The molecule has 0 aromatic rings. The molecule has 0 bridgehead atoms. The van der Waals surface area contributed by atoms with Crippen LogP contribution in [0.3, 0.4) is 0 Å². The Kier molecular flexibility index (Phi) is 18.1. The van der Waals surface area contributed by atoms with Crippen LogP contribution in [0.4, 0.5) is 0 Å². The Morgan fingerprint density at radius 1 is 1.33 bits per heavy atom. The summed E-state index contributed by atoms with van der Waals surface area (Å²) in [6.45, 7) is -0.934. The average molecular weight is 216 g/mol. The molecule has 0 saturated carbocycles. The summed E-state index contributed by atoms with van der Waals surface area (Å²) in [5, 5.41) is 8.09. The van der Waals surface area contributed by atoms with Gasteiger partial charge in [0, 0.05) is 0 Å². The minimum atomic E-state index is -4.91. The van der Waals surface area contributed by atoms with Gasteiger partial charge in [-0.3, -0.25) is 0 Å². The van der Waals surface area contributed by atoms with E-state index in [4.69, 9.17) is 5.11 Å². The fourth-order valence-corrected chi connectivity index (χ4v) is 0.429. The van der Waals surface area contributed by atoms with E-state index in [2.05, 4.69) is 9.26 Å². The molecular formula is C3H7Na2O6P. The predicted octanol–water partition coefficient (Wildman–Crippen LogP) is -8.19. The van der Waals surface area contributed by atoms with Gasteiger partial charge in [0.05, 0.1) is 21.0 Å². The molecule has 0 heterocycles. The van der Waals surface area contributed by atoms with Gasteiger partial charge in [-0.1, -0.05) is 0 Å². The van der Waals surface area contributed by atoms with Crippen LogP contribution >= 0.6 is 7.82 Å². The molecule has 0 radical (unpaired) electrons. The molecule has 1 N–H and O–H groups in total. The van der Waals surface area contributed by atoms with Crippen LogP contribution in [0.1, 0.15) is 0 Å². The number of hydrogen-bond acceptors (Lipinski definition) is 6. The van der Waals surface area contributed by atoms with Gasteiger partial charge in [-0.2, -0.15) is 0 Å². The summed E-state index contributed by atoms with van der Waals surface area (Å²) in [5.41, 5.74) is 0. The molecule has 0 aliphatic heterocycles. The molecule has 0 saturated heterocycles. The Balaban J connectivity index is -0.000000405. The number of aliphatic hydroxyl groups excluding tert-OH is 1. The predicted molar refractivity (Wildman–Crippen MR) is 26.6 cm³/mol. The van der Waals surface area contributed by atoms with E-state index in [0.29, 0.717) is 0 Å². The van der Waals surface area contributed by atoms with E-state index in [9.17, 15) is 14.4 Å². The zero-order valence-electron chi connectivity index (χ0n) is 7.06. The van der Waals surface area contributed by atoms with Crippen molar-refractivity contribution in [1.82, 2.24) is 0 Å². The Hall–Kier alpha value is 2.03. The second-order valence-electron chi connectivity index (χ2n) is 1.33. The fraction of sp³-hybridized carbons (Fsp3) is 1.00. The maximum absolute atomic E-state index is 9.70. The van der Waals surface area contributed by atoms with Gasteiger partial charge in [0.2, 0.25) is 0 Å². The van der Waals surface area contributed by atoms with Crippen LogP contribution in [0.2, 0.25) is 0 Å². The maximum atomic E-state index is 9.70. The second kappa shape index (κ2) is 11.1. The van der Waals surface area contributed by atoms with Gasteiger partial charge in [0.15, 0.2) is 6.79 Å². The van der Waals surface area contributed by atoms with Crippen molar-refractivity contribution in [2.24, 2.45) is 0 Å². The summed E-state index contributed by atoms with van der Waals surface area (Å²) in [5.74, 6) is 0. The second-order valence-corrected chi connectivity index (χ2v) is 2.48. The van der Waals surface area contributed by atoms with Crippen molar-refractivity contribution in [3.63, 3.8) is 0 Å². The molecule has 0 rings (SSSR count). The van der Waals surface area contributed by atoms with Crippen molar-refractivity contribution >= 4 is 7.82 Å². The molecule has 0 aliphatic carbocycles. The summed E-state index contributed by atoms with van der Waals surface area (Å²) in [4.78, 5) is 19.4. The number of ether oxygens (including phenoxy) is 1. The summed E-state index contributed by atoms with van der Waals surface area (Å²) >= 11 is 0. The molecule has 0 fully saturated rings. The van der Waals surface area contributed by atoms with E-state index in [-0.39, 0.29) is 72.3 Å². The van der Waals surface area contributed by atoms with Gasteiger partial charge in [0.1, 0.15) is 0 Å². The van der Waals surface area contributed by atoms with E-state index in [1.807, 2.05) is 0 Å². The van der Waals surface area contributed by atoms with Gasteiger partial charge < -0.3 is 28.7 Å². The SMILES string of the molecule is O=P([O-])([O-])OCOCCO.[Na+].[Na+]. The first-order valence-corrected chi connectivity index (χ1v) is 3.87. The van der Waals surface area contributed by atoms with Gasteiger partial charge in [-0.05, 0) is 0 Å². The molecular weight excluding hydrogens is 209 g/mol. The molecule has 0 atom stereocenters. The Morgan fingerprint density at radius 2 is 1.83 bits per heavy atom. The van der Waals surface area contributed by atoms with E-state index < -0.39 is 14.6 Å². The zero-order valence-corrected chi connectivity index (χ0v) is 12.0. The maximum Gasteiger partial charge on any atom is 1.00 e. The average Bonchev–Trinajstić information content (AvgIpc) is 1.78. The first-order valence-electron chi connectivity index (χ1n) is 2.41. The number of rotatable bonds is 5. The minimum Gasteiger partial charge on any atom is -0.790 e. The standard InChI is InChI=1S/C3H9O6P.2Na/c4-1-2-8-3-9-10(5,6)7;;/h4H,1-3H2,(H2,5,6,7);;/q;2*+1/p-2. The summed E-state index contributed by atoms with van der Waals surface area (Å²) in [6.07, 6.45) is 0. The van der Waals surface area contributed by atoms with Gasteiger partial charge in [-0.15, -0.1) is 0 Å². The number of hydrogen-bond donors (Lipinski definition) is 1. The summed E-state index contributed by atoms with van der Waals surface area (Å²) < 4.78 is 17.7. The Labute approximate surface area is 114 Å². The quantitative estimate of drug-likeness (QED) is 0.212. The minimum absolute atomic E-state index is 0. The topological polar surface area (TPSA) is 102 Å². The van der Waals surface area contributed by atoms with Crippen LogP contribution in [0.15, 0.2) is 0 Å². The third-order valence-corrected chi connectivity index (χ3v) is 0.951. The van der Waals surface area contributed by atoms with Gasteiger partial charge in [0.25, 0.3) is 0 Å². The number of phosphoric ester groups is 1. The van der Waals surface area contributed by atoms with Crippen molar-refractivity contribution in [3.05, 3.63) is 0 Å². The van der Waals surface area contributed by atoms with Crippen molar-refractivity contribution in [3.8, 4) is 0 Å². The van der Waals surface area contributed by atoms with Crippen LogP contribution in [-0.4, -0.2) is 25.1 Å². The first kappa shape index (κ1) is 19.6. The molecule has 0 spiro atoms. The number of aliphatic hydroxyl groups is 1. The van der Waals surface area contributed by atoms with Crippen LogP contribution in [0.5, 0.6) is 0 Å². The van der Waals surface area contributed by atoms with Crippen molar-refractivity contribution in [2.45, 2.75) is 0 Å². The monoisotopic (exact) mass is 216 g/mol. The molecule has 62 valence electrons. The molecule has 0 amide bonds. The Morgan fingerprint density at radius 3 is 2.17 bits per heavy atom. The molecule has 0 aliphatic rings. The third-order valence-electron chi connectivity index (χ3n) is 0.530. The van der Waals surface area contributed by atoms with Crippen molar-refractivity contribution < 1.29 is 87.8 Å². The van der Waals surface area contributed by atoms with E-state index in [0.717, 1.165) is 0 Å². The number of phosphoric acid groups is 1. The normalized spacial score (nSPS) is 9.92. The molecule has 0 unspecified atom stereocenters. The smallest absolute Gasteiger partial charge is 0.790 e. The molecule has 9 heteroatoms. The van der Waals surface area contributed by atoms with Gasteiger partial charge in [-0.25, -0.2) is 0 Å².